The van der Waals surface area contributed by atoms with Crippen LogP contribution in [0.2, 0.25) is 0 Å². The summed E-state index contributed by atoms with van der Waals surface area (Å²) in [7, 11) is 0. The molecule has 4 unspecified atom stereocenters. The van der Waals surface area contributed by atoms with Crippen molar-refractivity contribution in [3.8, 4) is 23.0 Å². The van der Waals surface area contributed by atoms with E-state index in [0.29, 0.717) is 87.4 Å². The summed E-state index contributed by atoms with van der Waals surface area (Å²) < 4.78 is 58.0. The van der Waals surface area contributed by atoms with Gasteiger partial charge >= 0.3 is 24.1 Å². The molecule has 4 amide bonds. The molecule has 10 aliphatic rings. The first-order chi connectivity index (χ1) is 64.3. The zero-order chi connectivity index (χ0) is 92.4. The maximum absolute atomic E-state index is 13.3. The summed E-state index contributed by atoms with van der Waals surface area (Å²) >= 11 is 0. The first kappa shape index (κ1) is 99.6. The van der Waals surface area contributed by atoms with Crippen LogP contribution in [-0.4, -0.2) is 134 Å². The summed E-state index contributed by atoms with van der Waals surface area (Å²) in [4.78, 5) is 76.1. The molecule has 0 radical (unpaired) electrons. The molecular formula is C112H146N2O18. The van der Waals surface area contributed by atoms with Gasteiger partial charge in [0.15, 0.2) is 0 Å². The molecule has 4 spiro atoms. The number of rotatable bonds is 36. The van der Waals surface area contributed by atoms with Gasteiger partial charge in [0.25, 0.3) is 0 Å². The molecule has 2 N–H and O–H groups in total. The topological polar surface area (TPSA) is 242 Å². The number of cyclic esters (lactones) is 2. The Morgan fingerprint density at radius 3 is 0.795 bits per heavy atom. The van der Waals surface area contributed by atoms with Gasteiger partial charge in [-0.05, 0) is 295 Å². The van der Waals surface area contributed by atoms with E-state index in [4.69, 9.17) is 57.6 Å². The smallest absolute Gasteiger partial charge is 0.416 e. The van der Waals surface area contributed by atoms with Crippen molar-refractivity contribution in [1.29, 1.82) is 0 Å². The number of carboxylic acids is 2. The van der Waals surface area contributed by atoms with Crippen LogP contribution in [-0.2, 0) is 60.4 Å². The largest absolute Gasteiger partial charge is 0.489 e. The average Bonchev–Trinajstić information content (AvgIpc) is 1.48. The van der Waals surface area contributed by atoms with Crippen molar-refractivity contribution in [3.05, 3.63) is 238 Å². The summed E-state index contributed by atoms with van der Waals surface area (Å²) in [6.07, 6.45) is 50.5. The Balaban J connectivity index is 0.000000152. The average molecular weight is 1810 g/mol. The van der Waals surface area contributed by atoms with E-state index in [1.165, 1.54) is 212 Å². The molecule has 0 bridgehead atoms. The number of carbonyl (C=O) groups excluding carboxylic acids is 4. The van der Waals surface area contributed by atoms with Crippen LogP contribution in [0.15, 0.2) is 204 Å². The molecule has 16 rings (SSSR count). The molecular weight excluding hydrogens is 1660 g/mol. The van der Waals surface area contributed by atoms with Crippen molar-refractivity contribution in [2.45, 2.75) is 308 Å². The highest BCUT2D eigenvalue weighted by Gasteiger charge is 2.42. The molecule has 2 saturated heterocycles. The maximum atomic E-state index is 13.3. The molecule has 2 heterocycles. The minimum absolute atomic E-state index is 0.0248. The Kier molecular flexibility index (Phi) is 38.1. The Bertz CT molecular complexity index is 4430. The van der Waals surface area contributed by atoms with Crippen LogP contribution in [0.25, 0.3) is 0 Å². The zero-order valence-electron chi connectivity index (χ0n) is 79.0. The molecule has 0 aromatic heterocycles. The number of ether oxygens (including phenoxy) is 10. The third kappa shape index (κ3) is 29.6. The number of amides is 4. The van der Waals surface area contributed by atoms with Crippen molar-refractivity contribution >= 4 is 35.9 Å². The highest BCUT2D eigenvalue weighted by atomic mass is 16.6. The lowest BCUT2D eigenvalue weighted by Crippen LogP contribution is -2.41. The number of hydrogen-bond donors (Lipinski definition) is 2. The van der Waals surface area contributed by atoms with E-state index in [9.17, 15) is 28.8 Å². The number of carbonyl (C=O) groups is 6. The van der Waals surface area contributed by atoms with Gasteiger partial charge in [-0.3, -0.25) is 19.2 Å². The fraction of sp³-hybridized carbons (Fsp3) is 0.554. The Morgan fingerprint density at radius 2 is 0.561 bits per heavy atom. The second-order valence-electron chi connectivity index (χ2n) is 38.5. The van der Waals surface area contributed by atoms with Gasteiger partial charge in [-0.1, -0.05) is 211 Å². The lowest BCUT2D eigenvalue weighted by molar-refractivity contribution is -0.141. The minimum Gasteiger partial charge on any atom is -0.489 e. The molecule has 6 aromatic carbocycles. The van der Waals surface area contributed by atoms with Crippen molar-refractivity contribution in [2.24, 2.45) is 21.7 Å². The normalized spacial score (nSPS) is 20.8. The summed E-state index contributed by atoms with van der Waals surface area (Å²) in [6, 6.07) is 50.1. The first-order valence-electron chi connectivity index (χ1n) is 50.0. The van der Waals surface area contributed by atoms with E-state index in [1.54, 1.807) is 0 Å². The van der Waals surface area contributed by atoms with E-state index in [2.05, 4.69) is 24.3 Å². The van der Waals surface area contributed by atoms with Crippen molar-refractivity contribution in [1.82, 2.24) is 9.80 Å². The van der Waals surface area contributed by atoms with Crippen LogP contribution >= 0.6 is 0 Å². The van der Waals surface area contributed by atoms with E-state index >= 15 is 0 Å². The number of aliphatic carboxylic acids is 2. The molecule has 8 aliphatic carbocycles. The zero-order valence-corrected chi connectivity index (χ0v) is 79.0. The third-order valence-electron chi connectivity index (χ3n) is 28.8. The minimum atomic E-state index is -0.852. The monoisotopic (exact) mass is 1810 g/mol. The number of nitrogens with zero attached hydrogens (tertiary/aromatic N) is 2. The SMILES string of the molecule is CCOC(CC(=O)N1C(=O)OC[C@H]1Cc1ccccc1)c1ccc(OCC2=CC3(CCCCC3)CCC2)cc1.CCOC(CC(=O)N1C(=O)OC[C@H]1Cc1ccccc1)c1ccc(OCC2=CC3(CCCCC3)CCC2)cc1.CCOC(CC(=O)O)c1ccc(OCC2=CC3(CCCCC3)CCC2)cc1.CCOC(CC(=O)O)c1ccc(OCC2=CC3(CCCCC3)CCC2)cc1. The van der Waals surface area contributed by atoms with Gasteiger partial charge in [-0.15, -0.1) is 0 Å². The third-order valence-corrected chi connectivity index (χ3v) is 28.8. The van der Waals surface area contributed by atoms with Gasteiger partial charge in [-0.25, -0.2) is 19.4 Å². The summed E-state index contributed by atoms with van der Waals surface area (Å²) in [5.41, 5.74) is 13.1. The second kappa shape index (κ2) is 50.5. The maximum Gasteiger partial charge on any atom is 0.416 e. The molecule has 6 aromatic rings. The van der Waals surface area contributed by atoms with Crippen LogP contribution in [0, 0.1) is 21.7 Å². The molecule has 6 fully saturated rings. The molecule has 132 heavy (non-hydrogen) atoms. The number of carboxylic acid groups (broad SMARTS) is 2. The van der Waals surface area contributed by atoms with Crippen LogP contribution in [0.5, 0.6) is 23.0 Å². The van der Waals surface area contributed by atoms with Crippen molar-refractivity contribution in [3.63, 3.8) is 0 Å². The second-order valence-corrected chi connectivity index (χ2v) is 38.5. The number of imide groups is 2. The van der Waals surface area contributed by atoms with Gasteiger partial charge in [0.2, 0.25) is 11.8 Å². The van der Waals surface area contributed by atoms with E-state index < -0.39 is 48.5 Å². The fourth-order valence-electron chi connectivity index (χ4n) is 22.2. The van der Waals surface area contributed by atoms with Gasteiger partial charge in [0.1, 0.15) is 62.6 Å². The molecule has 20 heteroatoms. The molecule has 6 atom stereocenters. The predicted octanol–water partition coefficient (Wildman–Crippen LogP) is 25.7. The highest BCUT2D eigenvalue weighted by molar-refractivity contribution is 5.94. The van der Waals surface area contributed by atoms with Gasteiger partial charge in [-0.2, -0.15) is 0 Å². The van der Waals surface area contributed by atoms with Crippen LogP contribution in [0.1, 0.15) is 317 Å². The molecule has 4 saturated carbocycles. The number of benzene rings is 6. The van der Waals surface area contributed by atoms with E-state index in [-0.39, 0.29) is 62.8 Å². The highest BCUT2D eigenvalue weighted by Crippen LogP contribution is 2.50. The van der Waals surface area contributed by atoms with Gasteiger partial charge in [0.05, 0.1) is 62.2 Å². The molecule has 20 nitrogen and oxygen atoms in total. The van der Waals surface area contributed by atoms with E-state index in [0.717, 1.165) is 82.1 Å². The quantitative estimate of drug-likeness (QED) is 0.0347. The fourth-order valence-corrected chi connectivity index (χ4v) is 22.2. The number of allylic oxidation sites excluding steroid dienone is 4. The standard InChI is InChI=1S/2C33H41NO5.2C23H32O4/c2*1-2-37-30(21-31(35)34-28(24-39-32(34)36)20-25-10-5-3-6-11-25)27-13-15-29(16-14-27)38-23-26-12-9-19-33(22-26)17-7-4-8-18-33;2*1-2-26-21(15-22(24)25)19-8-10-20(11-9-19)27-17-18-7-6-14-23(16-18)12-4-3-5-13-23/h2*3,5-6,10-11,13-16,22,28,30H,2,4,7-9,12,17-21,23-24H2,1H3;2*8-11,16,21H,2-7,12-15,17H2,1H3,(H,24,25)/t2*28-,30?;;/m11../s1. The Labute approximate surface area is 784 Å². The Morgan fingerprint density at radius 1 is 0.326 bits per heavy atom. The number of hydrogen-bond acceptors (Lipinski definition) is 16. The Hall–Kier alpha value is -9.86. The summed E-state index contributed by atoms with van der Waals surface area (Å²) in [6.45, 7) is 12.5. The predicted molar refractivity (Wildman–Crippen MR) is 513 cm³/mol. The van der Waals surface area contributed by atoms with Crippen LogP contribution < -0.4 is 18.9 Å². The summed E-state index contributed by atoms with van der Waals surface area (Å²) in [5, 5.41) is 18.1. The van der Waals surface area contributed by atoms with E-state index in [1.807, 2.05) is 185 Å². The van der Waals surface area contributed by atoms with Gasteiger partial charge in [0, 0.05) is 26.4 Å². The molecule has 2 aliphatic heterocycles. The molecule has 712 valence electrons. The van der Waals surface area contributed by atoms with Crippen LogP contribution in [0.4, 0.5) is 9.59 Å². The lowest BCUT2D eigenvalue weighted by atomic mass is 9.67. The first-order valence-corrected chi connectivity index (χ1v) is 50.0. The van der Waals surface area contributed by atoms with Crippen molar-refractivity contribution in [2.75, 3.05) is 66.1 Å². The summed E-state index contributed by atoms with van der Waals surface area (Å²) in [5.74, 6) is 1.02. The van der Waals surface area contributed by atoms with Crippen molar-refractivity contribution < 1.29 is 86.3 Å². The van der Waals surface area contributed by atoms with Gasteiger partial charge < -0.3 is 57.6 Å². The lowest BCUT2D eigenvalue weighted by Gasteiger charge is -2.38. The van der Waals surface area contributed by atoms with Crippen LogP contribution in [0.3, 0.4) is 0 Å².